The smallest absolute Gasteiger partial charge is 0.336 e. The molecule has 0 radical (unpaired) electrons. The van der Waals surface area contributed by atoms with E-state index in [4.69, 9.17) is 9.84 Å². The second kappa shape index (κ2) is 5.94. The SMILES string of the molecule is CCN(CC)C(C)OC(=O)C(C)O. The molecule has 4 nitrogen and oxygen atoms in total. The predicted octanol–water partition coefficient (Wildman–Crippen LogP) is 0.598. The van der Waals surface area contributed by atoms with Crippen LogP contribution in [-0.2, 0) is 9.53 Å². The summed E-state index contributed by atoms with van der Waals surface area (Å²) < 4.78 is 4.99. The van der Waals surface area contributed by atoms with Gasteiger partial charge < -0.3 is 9.84 Å². The lowest BCUT2D eigenvalue weighted by molar-refractivity contribution is -0.166. The van der Waals surface area contributed by atoms with Crippen molar-refractivity contribution in [2.24, 2.45) is 0 Å². The van der Waals surface area contributed by atoms with Gasteiger partial charge >= 0.3 is 5.97 Å². The van der Waals surface area contributed by atoms with Gasteiger partial charge in [-0.1, -0.05) is 13.8 Å². The second-order valence-electron chi connectivity index (χ2n) is 2.93. The summed E-state index contributed by atoms with van der Waals surface area (Å²) in [6, 6.07) is 0. The van der Waals surface area contributed by atoms with Crippen molar-refractivity contribution in [1.29, 1.82) is 0 Å². The topological polar surface area (TPSA) is 49.8 Å². The third-order valence-electron chi connectivity index (χ3n) is 1.95. The minimum absolute atomic E-state index is 0.267. The van der Waals surface area contributed by atoms with E-state index in [2.05, 4.69) is 0 Å². The molecule has 0 aliphatic carbocycles. The van der Waals surface area contributed by atoms with Gasteiger partial charge in [0, 0.05) is 0 Å². The van der Waals surface area contributed by atoms with Crippen molar-refractivity contribution in [1.82, 2.24) is 4.90 Å². The average molecular weight is 189 g/mol. The van der Waals surface area contributed by atoms with E-state index < -0.39 is 12.1 Å². The van der Waals surface area contributed by atoms with Gasteiger partial charge in [-0.25, -0.2) is 4.79 Å². The first kappa shape index (κ1) is 12.4. The number of ether oxygens (including phenoxy) is 1. The lowest BCUT2D eigenvalue weighted by Gasteiger charge is -2.26. The summed E-state index contributed by atoms with van der Waals surface area (Å²) in [7, 11) is 0. The maximum atomic E-state index is 11.0. The van der Waals surface area contributed by atoms with Crippen molar-refractivity contribution in [3.63, 3.8) is 0 Å². The van der Waals surface area contributed by atoms with Crippen LogP contribution >= 0.6 is 0 Å². The molecule has 0 bridgehead atoms. The molecule has 0 aliphatic rings. The third-order valence-corrected chi connectivity index (χ3v) is 1.95. The first-order chi connectivity index (χ1) is 6.02. The first-order valence-electron chi connectivity index (χ1n) is 4.65. The highest BCUT2D eigenvalue weighted by Crippen LogP contribution is 2.01. The molecule has 0 aromatic heterocycles. The molecule has 2 atom stereocenters. The van der Waals surface area contributed by atoms with Crippen LogP contribution in [-0.4, -0.2) is 41.4 Å². The summed E-state index contributed by atoms with van der Waals surface area (Å²) in [6.07, 6.45) is -1.31. The first-order valence-corrected chi connectivity index (χ1v) is 4.65. The quantitative estimate of drug-likeness (QED) is 0.508. The Labute approximate surface area is 79.5 Å². The molecule has 4 heteroatoms. The highest BCUT2D eigenvalue weighted by molar-refractivity contribution is 5.73. The fourth-order valence-electron chi connectivity index (χ4n) is 1.08. The average Bonchev–Trinajstić information content (AvgIpc) is 2.06. The van der Waals surface area contributed by atoms with Crippen LogP contribution in [0.1, 0.15) is 27.7 Å². The molecule has 0 aromatic rings. The van der Waals surface area contributed by atoms with E-state index in [9.17, 15) is 4.79 Å². The molecule has 0 aromatic carbocycles. The van der Waals surface area contributed by atoms with Crippen molar-refractivity contribution in [2.75, 3.05) is 13.1 Å². The van der Waals surface area contributed by atoms with Gasteiger partial charge in [0.2, 0.25) is 0 Å². The number of hydrogen-bond acceptors (Lipinski definition) is 4. The van der Waals surface area contributed by atoms with Crippen LogP contribution in [0.25, 0.3) is 0 Å². The molecule has 0 aliphatic heterocycles. The maximum Gasteiger partial charge on any atom is 0.336 e. The number of hydrogen-bond donors (Lipinski definition) is 1. The molecule has 0 spiro atoms. The van der Waals surface area contributed by atoms with Gasteiger partial charge in [-0.2, -0.15) is 0 Å². The van der Waals surface area contributed by atoms with E-state index in [0.717, 1.165) is 13.1 Å². The Morgan fingerprint density at radius 2 is 1.85 bits per heavy atom. The number of aliphatic hydroxyl groups is 1. The van der Waals surface area contributed by atoms with Crippen molar-refractivity contribution in [2.45, 2.75) is 40.0 Å². The Hall–Kier alpha value is -0.610. The van der Waals surface area contributed by atoms with Crippen LogP contribution in [0.4, 0.5) is 0 Å². The van der Waals surface area contributed by atoms with Gasteiger partial charge in [-0.3, -0.25) is 4.90 Å². The summed E-state index contributed by atoms with van der Waals surface area (Å²) in [5.74, 6) is -0.570. The molecule has 1 N–H and O–H groups in total. The standard InChI is InChI=1S/C9H19NO3/c1-5-10(6-2)8(4)13-9(12)7(3)11/h7-8,11H,5-6H2,1-4H3. The summed E-state index contributed by atoms with van der Waals surface area (Å²) in [5.41, 5.74) is 0. The number of nitrogens with zero attached hydrogens (tertiary/aromatic N) is 1. The Bertz CT molecular complexity index is 155. The molecule has 0 amide bonds. The van der Waals surface area contributed by atoms with E-state index in [1.807, 2.05) is 18.7 Å². The van der Waals surface area contributed by atoms with E-state index >= 15 is 0 Å². The van der Waals surface area contributed by atoms with Crippen LogP contribution < -0.4 is 0 Å². The number of carbonyl (C=O) groups excluding carboxylic acids is 1. The van der Waals surface area contributed by atoms with Crippen molar-refractivity contribution in [3.05, 3.63) is 0 Å². The lowest BCUT2D eigenvalue weighted by atomic mass is 10.4. The summed E-state index contributed by atoms with van der Waals surface area (Å²) in [5, 5.41) is 8.90. The zero-order valence-corrected chi connectivity index (χ0v) is 8.78. The van der Waals surface area contributed by atoms with E-state index in [-0.39, 0.29) is 6.23 Å². The van der Waals surface area contributed by atoms with Gasteiger partial charge in [0.15, 0.2) is 6.23 Å². The van der Waals surface area contributed by atoms with Gasteiger partial charge in [0.25, 0.3) is 0 Å². The summed E-state index contributed by atoms with van der Waals surface area (Å²) in [6.45, 7) is 8.84. The second-order valence-corrected chi connectivity index (χ2v) is 2.93. The normalized spacial score (nSPS) is 15.5. The van der Waals surface area contributed by atoms with Gasteiger partial charge in [0.1, 0.15) is 6.10 Å². The highest BCUT2D eigenvalue weighted by Gasteiger charge is 2.17. The number of aliphatic hydroxyl groups excluding tert-OH is 1. The zero-order valence-electron chi connectivity index (χ0n) is 8.78. The molecule has 0 rings (SSSR count). The molecule has 0 saturated heterocycles. The van der Waals surface area contributed by atoms with E-state index in [1.165, 1.54) is 6.92 Å². The Kier molecular flexibility index (Phi) is 5.66. The molecule has 13 heavy (non-hydrogen) atoms. The largest absolute Gasteiger partial charge is 0.445 e. The molecule has 0 saturated carbocycles. The van der Waals surface area contributed by atoms with Crippen LogP contribution in [0, 0.1) is 0 Å². The Balaban J connectivity index is 3.97. The van der Waals surface area contributed by atoms with Crippen molar-refractivity contribution < 1.29 is 14.6 Å². The van der Waals surface area contributed by atoms with Gasteiger partial charge in [0.05, 0.1) is 0 Å². The predicted molar refractivity (Wildman–Crippen MR) is 50.2 cm³/mol. The lowest BCUT2D eigenvalue weighted by Crippen LogP contribution is -2.38. The zero-order chi connectivity index (χ0) is 10.4. The monoisotopic (exact) mass is 189 g/mol. The molecule has 0 heterocycles. The van der Waals surface area contributed by atoms with Crippen LogP contribution in [0.2, 0.25) is 0 Å². The van der Waals surface area contributed by atoms with Gasteiger partial charge in [-0.05, 0) is 26.9 Å². The van der Waals surface area contributed by atoms with Crippen LogP contribution in [0.15, 0.2) is 0 Å². The fourth-order valence-corrected chi connectivity index (χ4v) is 1.08. The Morgan fingerprint density at radius 1 is 1.38 bits per heavy atom. The minimum Gasteiger partial charge on any atom is -0.445 e. The molecule has 2 unspecified atom stereocenters. The molecular formula is C9H19NO3. The fraction of sp³-hybridized carbons (Fsp3) is 0.889. The third kappa shape index (κ3) is 4.24. The van der Waals surface area contributed by atoms with Crippen LogP contribution in [0.5, 0.6) is 0 Å². The molecule has 78 valence electrons. The highest BCUT2D eigenvalue weighted by atomic mass is 16.6. The van der Waals surface area contributed by atoms with E-state index in [1.54, 1.807) is 6.92 Å². The van der Waals surface area contributed by atoms with Crippen molar-refractivity contribution in [3.8, 4) is 0 Å². The Morgan fingerprint density at radius 3 is 2.15 bits per heavy atom. The maximum absolute atomic E-state index is 11.0. The number of rotatable bonds is 5. The van der Waals surface area contributed by atoms with Crippen LogP contribution in [0.3, 0.4) is 0 Å². The molecular weight excluding hydrogens is 170 g/mol. The summed E-state index contributed by atoms with van der Waals surface area (Å²) >= 11 is 0. The molecule has 0 fully saturated rings. The van der Waals surface area contributed by atoms with Gasteiger partial charge in [-0.15, -0.1) is 0 Å². The van der Waals surface area contributed by atoms with Crippen molar-refractivity contribution >= 4 is 5.97 Å². The number of esters is 1. The van der Waals surface area contributed by atoms with E-state index in [0.29, 0.717) is 0 Å². The summed E-state index contributed by atoms with van der Waals surface area (Å²) in [4.78, 5) is 13.0. The minimum atomic E-state index is -1.04. The number of carbonyl (C=O) groups is 1.